The molecule has 0 aliphatic carbocycles. The summed E-state index contributed by atoms with van der Waals surface area (Å²) in [6, 6.07) is 0. The first-order valence-electron chi connectivity index (χ1n) is 1.26. The van der Waals surface area contributed by atoms with Gasteiger partial charge in [-0.3, -0.25) is 0 Å². The summed E-state index contributed by atoms with van der Waals surface area (Å²) in [7, 11) is -6.76. The molecular weight excluding hydrogens is 179 g/mol. The van der Waals surface area contributed by atoms with Gasteiger partial charge in [-0.05, 0) is 0 Å². The van der Waals surface area contributed by atoms with E-state index in [1.807, 2.05) is 0 Å². The maximum atomic E-state index is 8.63. The van der Waals surface area contributed by atoms with Crippen LogP contribution in [-0.4, -0.2) is 45.3 Å². The van der Waals surface area contributed by atoms with Crippen LogP contribution in [0.4, 0.5) is 0 Å². The molecule has 2 N–H and O–H groups in total. The minimum absolute atomic E-state index is 0. The Morgan fingerprint density at radius 1 is 1.00 bits per heavy atom. The number of rotatable bonds is 0. The van der Waals surface area contributed by atoms with Crippen molar-refractivity contribution < 1.29 is 28.1 Å². The van der Waals surface area contributed by atoms with E-state index in [0.717, 1.165) is 0 Å². The molecule has 0 saturated heterocycles. The summed E-state index contributed by atoms with van der Waals surface area (Å²) in [5, 5.41) is 0. The summed E-state index contributed by atoms with van der Waals surface area (Å²) in [6.07, 6.45) is 0. The van der Waals surface area contributed by atoms with Crippen molar-refractivity contribution in [3.63, 3.8) is 0 Å². The third-order valence-corrected chi connectivity index (χ3v) is 0. The van der Waals surface area contributed by atoms with E-state index in [9.17, 15) is 0 Å². The van der Waals surface area contributed by atoms with E-state index < -0.39 is 18.3 Å². The van der Waals surface area contributed by atoms with Crippen LogP contribution in [0.5, 0.6) is 0 Å². The molecule has 9 heteroatoms. The molecule has 0 spiro atoms. The second kappa shape index (κ2) is 10.7. The fourth-order valence-corrected chi connectivity index (χ4v) is 0. The van der Waals surface area contributed by atoms with E-state index >= 15 is 0 Å². The van der Waals surface area contributed by atoms with E-state index in [4.69, 9.17) is 28.1 Å². The Balaban J connectivity index is -0.0000000720. The molecule has 0 aliphatic rings. The largest absolute Gasteiger partial charge is 2.00 e. The second-order valence-electron chi connectivity index (χ2n) is 0.532. The Morgan fingerprint density at radius 3 is 1.00 bits per heavy atom. The zero-order valence-corrected chi connectivity index (χ0v) is 7.26. The monoisotopic (exact) mass is 181 g/mol. The molecule has 6 nitrogen and oxygen atoms in total. The van der Waals surface area contributed by atoms with Crippen molar-refractivity contribution >= 4 is 35.7 Å². The van der Waals surface area contributed by atoms with Crippen LogP contribution in [-0.2, 0) is 8.92 Å². The molecule has 0 bridgehead atoms. The minimum Gasteiger partial charge on any atom is -0.604 e. The molecule has 0 aliphatic heterocycles. The fourth-order valence-electron chi connectivity index (χ4n) is 0. The Kier molecular flexibility index (Phi) is 18.9. The molecule has 9 heavy (non-hydrogen) atoms. The summed E-state index contributed by atoms with van der Waals surface area (Å²) >= 11 is 0. The summed E-state index contributed by atoms with van der Waals surface area (Å²) in [5.41, 5.74) is 0. The standard InChI is InChI=1S/Al.2HO3Si/c;2*1-4(2)3/h;2*1H/q+2;2*-1. The molecule has 0 saturated carbocycles. The van der Waals surface area contributed by atoms with E-state index in [1.165, 1.54) is 0 Å². The van der Waals surface area contributed by atoms with E-state index in [1.54, 1.807) is 0 Å². The van der Waals surface area contributed by atoms with Gasteiger partial charge in [0.25, 0.3) is 0 Å². The van der Waals surface area contributed by atoms with Crippen LogP contribution in [0.15, 0.2) is 0 Å². The van der Waals surface area contributed by atoms with Gasteiger partial charge in [0.1, 0.15) is 0 Å². The van der Waals surface area contributed by atoms with Gasteiger partial charge in [0.2, 0.25) is 0 Å². The van der Waals surface area contributed by atoms with Gasteiger partial charge in [0.05, 0.1) is 0 Å². The number of hydrogen-bond acceptors (Lipinski definition) is 4. The Hall–Kier alpha value is -0.234. The molecule has 0 atom stereocenters. The first kappa shape index (κ1) is 15.9. The Morgan fingerprint density at radius 2 is 1.00 bits per heavy atom. The molecular formula is H2AlO6Si2. The van der Waals surface area contributed by atoms with Crippen molar-refractivity contribution in [3.8, 4) is 0 Å². The predicted molar refractivity (Wildman–Crippen MR) is 23.1 cm³/mol. The Bertz CT molecular complexity index is 69.1. The molecule has 0 heterocycles. The van der Waals surface area contributed by atoms with Crippen molar-refractivity contribution in [1.29, 1.82) is 0 Å². The first-order chi connectivity index (χ1) is 3.46. The van der Waals surface area contributed by atoms with Crippen LogP contribution in [0.1, 0.15) is 0 Å². The molecule has 1 radical (unpaired) electrons. The van der Waals surface area contributed by atoms with Crippen LogP contribution in [0, 0.1) is 0 Å². The molecule has 0 rings (SSSR count). The van der Waals surface area contributed by atoms with Gasteiger partial charge >= 0.3 is 35.7 Å². The van der Waals surface area contributed by atoms with E-state index in [-0.39, 0.29) is 17.4 Å². The average Bonchev–Trinajstić information content (AvgIpc) is 1.25. The Labute approximate surface area is 64.3 Å². The average molecular weight is 181 g/mol. The van der Waals surface area contributed by atoms with Crippen molar-refractivity contribution in [3.05, 3.63) is 0 Å². The van der Waals surface area contributed by atoms with Crippen LogP contribution < -0.4 is 9.59 Å². The summed E-state index contributed by atoms with van der Waals surface area (Å²) < 4.78 is 17.3. The zero-order chi connectivity index (χ0) is 7.15. The van der Waals surface area contributed by atoms with Crippen molar-refractivity contribution in [2.24, 2.45) is 0 Å². The van der Waals surface area contributed by atoms with Gasteiger partial charge in [-0.2, -0.15) is 0 Å². The smallest absolute Gasteiger partial charge is 0.604 e. The van der Waals surface area contributed by atoms with Gasteiger partial charge in [-0.15, -0.1) is 0 Å². The third kappa shape index (κ3) is 4730. The van der Waals surface area contributed by atoms with Crippen LogP contribution in [0.25, 0.3) is 0 Å². The van der Waals surface area contributed by atoms with Crippen LogP contribution >= 0.6 is 0 Å². The maximum absolute atomic E-state index is 8.63. The molecule has 0 aromatic carbocycles. The predicted octanol–water partition coefficient (Wildman–Crippen LogP) is -4.87. The molecule has 0 amide bonds. The fraction of sp³-hybridized carbons (Fsp3) is 0. The van der Waals surface area contributed by atoms with Gasteiger partial charge in [-0.1, -0.05) is 0 Å². The van der Waals surface area contributed by atoms with Crippen LogP contribution in [0.2, 0.25) is 0 Å². The van der Waals surface area contributed by atoms with Gasteiger partial charge in [0, 0.05) is 0 Å². The van der Waals surface area contributed by atoms with Gasteiger partial charge in [0.15, 0.2) is 0 Å². The van der Waals surface area contributed by atoms with Crippen molar-refractivity contribution in [1.82, 2.24) is 0 Å². The van der Waals surface area contributed by atoms with Crippen LogP contribution in [0.3, 0.4) is 0 Å². The summed E-state index contributed by atoms with van der Waals surface area (Å²) in [5.74, 6) is 0. The van der Waals surface area contributed by atoms with Gasteiger partial charge in [-0.25, -0.2) is 0 Å². The summed E-state index contributed by atoms with van der Waals surface area (Å²) in [6.45, 7) is 0. The molecule has 49 valence electrons. The van der Waals surface area contributed by atoms with Crippen molar-refractivity contribution in [2.75, 3.05) is 0 Å². The molecule has 0 fully saturated rings. The molecule has 0 aromatic rings. The molecule has 0 aromatic heterocycles. The second-order valence-corrected chi connectivity index (χ2v) is 1.60. The zero-order valence-electron chi connectivity index (χ0n) is 4.10. The SMILES string of the molecule is O=[Si]([O-])O.O=[Si]([O-])O.[Al+2]. The maximum Gasteiger partial charge on any atom is 2.00 e. The van der Waals surface area contributed by atoms with Gasteiger partial charge < -0.3 is 28.1 Å². The van der Waals surface area contributed by atoms with E-state index in [2.05, 4.69) is 0 Å². The third-order valence-electron chi connectivity index (χ3n) is 0. The van der Waals surface area contributed by atoms with E-state index in [0.29, 0.717) is 0 Å². The number of hydrogen-bond donors (Lipinski definition) is 2. The van der Waals surface area contributed by atoms with Crippen molar-refractivity contribution in [2.45, 2.75) is 0 Å². The normalized spacial score (nSPS) is 5.33. The topological polar surface area (TPSA) is 121 Å². The summed E-state index contributed by atoms with van der Waals surface area (Å²) in [4.78, 5) is 31.4. The first-order valence-corrected chi connectivity index (χ1v) is 3.79. The molecule has 0 unspecified atom stereocenters. The minimum atomic E-state index is -3.38. The quantitative estimate of drug-likeness (QED) is 0.361.